The number of alkyl halides is 17. The van der Waals surface area contributed by atoms with Gasteiger partial charge in [-0.2, -0.15) is 74.6 Å². The van der Waals surface area contributed by atoms with E-state index < -0.39 is 55.0 Å². The molecule has 176 valence electrons. The Hall–Kier alpha value is -1.31. The summed E-state index contributed by atoms with van der Waals surface area (Å²) in [6, 6.07) is 0. The first-order chi connectivity index (χ1) is 12.2. The minimum Gasteiger partial charge on any atom is -0.390 e. The third kappa shape index (κ3) is 4.72. The Bertz CT molecular complexity index is 576. The van der Waals surface area contributed by atoms with Crippen molar-refractivity contribution in [3.63, 3.8) is 0 Å². The van der Waals surface area contributed by atoms with Gasteiger partial charge in [-0.15, -0.1) is 0 Å². The summed E-state index contributed by atoms with van der Waals surface area (Å²) in [4.78, 5) is 0. The molecule has 0 aromatic rings. The van der Waals surface area contributed by atoms with Crippen molar-refractivity contribution in [3.05, 3.63) is 0 Å². The molecule has 0 radical (unpaired) electrons. The first kappa shape index (κ1) is 27.7. The fourth-order valence-electron chi connectivity index (χ4n) is 1.14. The van der Waals surface area contributed by atoms with Gasteiger partial charge in [0, 0.05) is 0 Å². The highest BCUT2D eigenvalue weighted by Gasteiger charge is 2.85. The van der Waals surface area contributed by atoms with E-state index in [1.54, 1.807) is 4.74 Å². The van der Waals surface area contributed by atoms with Crippen LogP contribution < -0.4 is 0 Å². The first-order valence-electron chi connectivity index (χ1n) is 5.95. The number of hydrogen-bond donors (Lipinski definition) is 1. The molecular weight excluding hydrogens is 479 g/mol. The normalized spacial score (nSPS) is 19.7. The third-order valence-corrected chi connectivity index (χ3v) is 2.65. The summed E-state index contributed by atoms with van der Waals surface area (Å²) in [6.45, 7) is -3.37. The Morgan fingerprint density at radius 1 is 0.483 bits per heavy atom. The summed E-state index contributed by atoms with van der Waals surface area (Å²) in [5, 5.41) is 8.01. The van der Waals surface area contributed by atoms with Crippen LogP contribution in [0.1, 0.15) is 0 Å². The predicted octanol–water partition coefficient (Wildman–Crippen LogP) is 4.85. The van der Waals surface area contributed by atoms with Gasteiger partial charge in [-0.25, -0.2) is 0 Å². The van der Waals surface area contributed by atoms with E-state index in [1.165, 1.54) is 4.74 Å². The van der Waals surface area contributed by atoms with Crippen LogP contribution in [0.4, 0.5) is 74.6 Å². The summed E-state index contributed by atoms with van der Waals surface area (Å²) < 4.78 is 216. The zero-order valence-corrected chi connectivity index (χ0v) is 12.4. The van der Waals surface area contributed by atoms with Gasteiger partial charge in [0.2, 0.25) is 0 Å². The summed E-state index contributed by atoms with van der Waals surface area (Å²) in [6.07, 6.45) is -37.9. The second-order valence-electron chi connectivity index (χ2n) is 4.79. The first-order valence-corrected chi connectivity index (χ1v) is 5.95. The van der Waals surface area contributed by atoms with E-state index in [1.807, 2.05) is 0 Å². The topological polar surface area (TPSA) is 38.7 Å². The Morgan fingerprint density at radius 2 is 0.862 bits per heavy atom. The fraction of sp³-hybridized carbons (Fsp3) is 1.00. The molecule has 20 heteroatoms. The van der Waals surface area contributed by atoms with Crippen LogP contribution in [-0.4, -0.2) is 60.1 Å². The van der Waals surface area contributed by atoms with Gasteiger partial charge in [-0.3, -0.25) is 9.47 Å². The molecule has 0 bridgehead atoms. The van der Waals surface area contributed by atoms with Crippen LogP contribution in [0.3, 0.4) is 0 Å². The van der Waals surface area contributed by atoms with Gasteiger partial charge in [-0.1, -0.05) is 0 Å². The highest BCUT2D eigenvalue weighted by molar-refractivity contribution is 4.94. The molecule has 0 aromatic carbocycles. The lowest BCUT2D eigenvalue weighted by atomic mass is 10.2. The largest absolute Gasteiger partial charge is 0.462 e. The maximum Gasteiger partial charge on any atom is 0.462 e. The van der Waals surface area contributed by atoms with Crippen molar-refractivity contribution in [1.29, 1.82) is 0 Å². The number of hydrogen-bond acceptors (Lipinski definition) is 3. The zero-order valence-electron chi connectivity index (χ0n) is 12.4. The molecular formula is C9H3F17O3. The summed E-state index contributed by atoms with van der Waals surface area (Å²) in [5.74, 6) is -22.1. The maximum atomic E-state index is 13.5. The standard InChI is InChI=1S/C9H3F17O3/c10-2(1-27,5(14,15)16)28-9(25,26)4(13,7(20,21)22)29-8(23,24)3(11,12)6(17,18)19/h27H,1H2/t2-,4-/m1/s1. The molecule has 29 heavy (non-hydrogen) atoms. The van der Waals surface area contributed by atoms with Crippen molar-refractivity contribution in [2.24, 2.45) is 0 Å². The molecule has 0 aliphatic rings. The second kappa shape index (κ2) is 7.13. The number of aliphatic hydroxyl groups excluding tert-OH is 1. The summed E-state index contributed by atoms with van der Waals surface area (Å²) >= 11 is 0. The molecule has 0 fully saturated rings. The van der Waals surface area contributed by atoms with Crippen LogP contribution >= 0.6 is 0 Å². The number of halogens is 17. The Balaban J connectivity index is 6.48. The molecule has 0 aromatic heterocycles. The lowest BCUT2D eigenvalue weighted by molar-refractivity contribution is -0.552. The van der Waals surface area contributed by atoms with E-state index in [4.69, 9.17) is 5.11 Å². The molecule has 0 amide bonds. The molecule has 0 saturated carbocycles. The van der Waals surface area contributed by atoms with Gasteiger partial charge < -0.3 is 5.11 Å². The molecule has 0 aliphatic heterocycles. The molecule has 0 aliphatic carbocycles. The van der Waals surface area contributed by atoms with Crippen LogP contribution in [0.5, 0.6) is 0 Å². The van der Waals surface area contributed by atoms with Crippen molar-refractivity contribution in [2.75, 3.05) is 6.61 Å². The second-order valence-corrected chi connectivity index (χ2v) is 4.79. The van der Waals surface area contributed by atoms with Gasteiger partial charge >= 0.3 is 48.4 Å². The van der Waals surface area contributed by atoms with Crippen molar-refractivity contribution < 1.29 is 89.2 Å². The highest BCUT2D eigenvalue weighted by atomic mass is 19.4. The van der Waals surface area contributed by atoms with Crippen LogP contribution in [0, 0.1) is 0 Å². The van der Waals surface area contributed by atoms with Gasteiger partial charge in [0.1, 0.15) is 6.61 Å². The number of aliphatic hydroxyl groups is 1. The minimum atomic E-state index is -7.92. The summed E-state index contributed by atoms with van der Waals surface area (Å²) in [5.41, 5.74) is 0. The average molecular weight is 482 g/mol. The van der Waals surface area contributed by atoms with Crippen LogP contribution in [0.2, 0.25) is 0 Å². The van der Waals surface area contributed by atoms with Crippen molar-refractivity contribution in [3.8, 4) is 0 Å². The minimum absolute atomic E-state index is 1.26. The Labute approximate surface area is 145 Å². The average Bonchev–Trinajstić information content (AvgIpc) is 2.42. The van der Waals surface area contributed by atoms with Gasteiger partial charge in [0.15, 0.2) is 0 Å². The van der Waals surface area contributed by atoms with Gasteiger partial charge in [0.05, 0.1) is 0 Å². The summed E-state index contributed by atoms with van der Waals surface area (Å²) in [7, 11) is 0. The van der Waals surface area contributed by atoms with E-state index in [-0.39, 0.29) is 0 Å². The van der Waals surface area contributed by atoms with Gasteiger partial charge in [-0.05, 0) is 0 Å². The quantitative estimate of drug-likeness (QED) is 0.528. The van der Waals surface area contributed by atoms with E-state index in [0.29, 0.717) is 0 Å². The van der Waals surface area contributed by atoms with Gasteiger partial charge in [0.25, 0.3) is 0 Å². The lowest BCUT2D eigenvalue weighted by Gasteiger charge is -2.40. The zero-order chi connectivity index (χ0) is 24.1. The Morgan fingerprint density at radius 3 is 1.10 bits per heavy atom. The molecule has 2 atom stereocenters. The molecule has 0 spiro atoms. The monoisotopic (exact) mass is 482 g/mol. The van der Waals surface area contributed by atoms with Crippen molar-refractivity contribution in [2.45, 2.75) is 48.4 Å². The third-order valence-electron chi connectivity index (χ3n) is 2.65. The van der Waals surface area contributed by atoms with Crippen LogP contribution in [-0.2, 0) is 9.47 Å². The molecule has 3 nitrogen and oxygen atoms in total. The smallest absolute Gasteiger partial charge is 0.390 e. The molecule has 0 saturated heterocycles. The molecule has 0 heterocycles. The van der Waals surface area contributed by atoms with E-state index in [2.05, 4.69) is 0 Å². The van der Waals surface area contributed by atoms with E-state index >= 15 is 0 Å². The Kier molecular flexibility index (Phi) is 6.81. The lowest BCUT2D eigenvalue weighted by Crippen LogP contribution is -2.67. The fourth-order valence-corrected chi connectivity index (χ4v) is 1.14. The van der Waals surface area contributed by atoms with Crippen molar-refractivity contribution in [1.82, 2.24) is 0 Å². The van der Waals surface area contributed by atoms with Crippen LogP contribution in [0.25, 0.3) is 0 Å². The van der Waals surface area contributed by atoms with E-state index in [9.17, 15) is 74.6 Å². The predicted molar refractivity (Wildman–Crippen MR) is 49.9 cm³/mol. The number of ether oxygens (including phenoxy) is 2. The van der Waals surface area contributed by atoms with Crippen LogP contribution in [0.15, 0.2) is 0 Å². The molecule has 1 N–H and O–H groups in total. The van der Waals surface area contributed by atoms with E-state index in [0.717, 1.165) is 0 Å². The van der Waals surface area contributed by atoms with Crippen molar-refractivity contribution >= 4 is 0 Å². The number of rotatable bonds is 7. The highest BCUT2D eigenvalue weighted by Crippen LogP contribution is 2.56. The molecule has 0 rings (SSSR count). The molecule has 0 unspecified atom stereocenters. The SMILES string of the molecule is OC[C@@](F)(OC(F)(F)[C@](F)(OC(F)(F)C(F)(F)C(F)(F)F)C(F)(F)F)C(F)(F)F. The maximum absolute atomic E-state index is 13.5.